The van der Waals surface area contributed by atoms with Gasteiger partial charge in [0.15, 0.2) is 0 Å². The largest absolute Gasteiger partial charge is 0.411 e. The maximum absolute atomic E-state index is 9.60. The highest BCUT2D eigenvalue weighted by atomic mass is 16.4. The van der Waals surface area contributed by atoms with Crippen molar-refractivity contribution in [2.75, 3.05) is 0 Å². The Kier molecular flexibility index (Phi) is 6.19. The smallest absolute Gasteiger partial charge is 0.0851 e. The third kappa shape index (κ3) is 3.63. The first-order valence-electron chi connectivity index (χ1n) is 13.5. The summed E-state index contributed by atoms with van der Waals surface area (Å²) in [6.07, 6.45) is 17.3. The van der Waals surface area contributed by atoms with E-state index in [0.717, 1.165) is 41.2 Å². The minimum Gasteiger partial charge on any atom is -0.411 e. The fraction of sp³-hybridized carbons (Fsp3) is 0.897. The maximum Gasteiger partial charge on any atom is 0.0851 e. The van der Waals surface area contributed by atoms with E-state index >= 15 is 0 Å². The Bertz CT molecular complexity index is 720. The Hall–Kier alpha value is -0.790. The quantitative estimate of drug-likeness (QED) is 0.347. The average molecular weight is 428 g/mol. The van der Waals surface area contributed by atoms with Crippen LogP contribution in [-0.4, -0.2) is 10.9 Å². The van der Waals surface area contributed by atoms with E-state index in [0.29, 0.717) is 11.3 Å². The lowest BCUT2D eigenvalue weighted by Gasteiger charge is -2.62. The van der Waals surface area contributed by atoms with Gasteiger partial charge in [-0.25, -0.2) is 0 Å². The molecule has 0 saturated heterocycles. The van der Waals surface area contributed by atoms with Gasteiger partial charge in [-0.3, -0.25) is 0 Å². The van der Waals surface area contributed by atoms with Crippen molar-refractivity contribution in [3.05, 3.63) is 12.2 Å². The van der Waals surface area contributed by atoms with Gasteiger partial charge in [-0.1, -0.05) is 79.0 Å². The Morgan fingerprint density at radius 1 is 0.968 bits per heavy atom. The molecule has 0 aromatic rings. The van der Waals surface area contributed by atoms with Crippen molar-refractivity contribution in [3.63, 3.8) is 0 Å². The summed E-state index contributed by atoms with van der Waals surface area (Å²) in [5.74, 6) is 5.86. The highest BCUT2D eigenvalue weighted by Gasteiger charge is 2.62. The third-order valence-electron chi connectivity index (χ3n) is 11.2. The van der Waals surface area contributed by atoms with Gasteiger partial charge in [-0.2, -0.15) is 0 Å². The Balaban J connectivity index is 1.54. The van der Waals surface area contributed by atoms with Crippen molar-refractivity contribution in [2.24, 2.45) is 62.8 Å². The number of allylic oxidation sites excluding steroid dienone is 2. The van der Waals surface area contributed by atoms with Crippen LogP contribution in [0, 0.1) is 57.7 Å². The van der Waals surface area contributed by atoms with Crippen molar-refractivity contribution < 1.29 is 5.21 Å². The highest BCUT2D eigenvalue weighted by molar-refractivity contribution is 6.00. The first-order chi connectivity index (χ1) is 14.6. The normalized spacial score (nSPS) is 45.9. The number of hydrogen-bond donors (Lipinski definition) is 1. The van der Waals surface area contributed by atoms with E-state index < -0.39 is 0 Å². The van der Waals surface area contributed by atoms with Crippen LogP contribution in [0.15, 0.2) is 17.3 Å². The van der Waals surface area contributed by atoms with Gasteiger partial charge in [0.25, 0.3) is 0 Å². The standard InChI is InChI=1S/C29H49NO/c1-19(2)9-8-10-20(3)22-12-13-23-21-11-14-25-27(4,5)26(30-31)16-18-29(25,7)24(21)15-17-28(22,23)6/h16,18-25,31H,8-15,17H2,1-7H3/b30-26+/t20-,21+,22-,23+,24+,25+,28-,29-/m1/s1. The molecule has 0 amide bonds. The lowest BCUT2D eigenvalue weighted by Crippen LogP contribution is -2.56. The lowest BCUT2D eigenvalue weighted by molar-refractivity contribution is -0.0979. The molecule has 3 saturated carbocycles. The molecule has 8 atom stereocenters. The van der Waals surface area contributed by atoms with Crippen LogP contribution in [0.3, 0.4) is 0 Å². The first-order valence-corrected chi connectivity index (χ1v) is 13.5. The molecule has 4 rings (SSSR count). The van der Waals surface area contributed by atoms with Crippen LogP contribution in [0.5, 0.6) is 0 Å². The van der Waals surface area contributed by atoms with E-state index in [1.54, 1.807) is 0 Å². The minimum atomic E-state index is -0.0346. The zero-order valence-corrected chi connectivity index (χ0v) is 21.5. The fourth-order valence-corrected chi connectivity index (χ4v) is 9.61. The molecule has 4 aliphatic rings. The molecule has 0 unspecified atom stereocenters. The van der Waals surface area contributed by atoms with E-state index in [-0.39, 0.29) is 10.8 Å². The predicted molar refractivity (Wildman–Crippen MR) is 131 cm³/mol. The molecule has 0 aliphatic heterocycles. The first kappa shape index (κ1) is 23.4. The van der Waals surface area contributed by atoms with E-state index in [9.17, 15) is 5.21 Å². The van der Waals surface area contributed by atoms with Crippen LogP contribution in [-0.2, 0) is 0 Å². The third-order valence-corrected chi connectivity index (χ3v) is 11.2. The second kappa shape index (κ2) is 8.21. The summed E-state index contributed by atoms with van der Waals surface area (Å²) in [5.41, 5.74) is 1.66. The van der Waals surface area contributed by atoms with Crippen LogP contribution < -0.4 is 0 Å². The van der Waals surface area contributed by atoms with Crippen LogP contribution >= 0.6 is 0 Å². The number of rotatable bonds is 5. The van der Waals surface area contributed by atoms with Gasteiger partial charge >= 0.3 is 0 Å². The molecular weight excluding hydrogens is 378 g/mol. The SMILES string of the molecule is CC(C)CCC[C@@H](C)[C@H]1CC[C@H]2[C@@H]3CC[C@H]4C(C)(C)/C(=N/O)C=C[C@]4(C)[C@H]3CC[C@]12C. The van der Waals surface area contributed by atoms with Crippen LogP contribution in [0.2, 0.25) is 0 Å². The number of nitrogens with zero attached hydrogens (tertiary/aromatic N) is 1. The van der Waals surface area contributed by atoms with Crippen molar-refractivity contribution in [1.29, 1.82) is 0 Å². The second-order valence-electron chi connectivity index (χ2n) is 13.4. The molecular formula is C29H49NO. The Labute approximate surface area is 192 Å². The molecule has 0 spiro atoms. The number of hydrogen-bond acceptors (Lipinski definition) is 2. The second-order valence-corrected chi connectivity index (χ2v) is 13.4. The molecule has 176 valence electrons. The molecule has 3 fully saturated rings. The van der Waals surface area contributed by atoms with Gasteiger partial charge < -0.3 is 5.21 Å². The summed E-state index contributed by atoms with van der Waals surface area (Å²) in [6.45, 7) is 17.2. The van der Waals surface area contributed by atoms with Crippen LogP contribution in [0.4, 0.5) is 0 Å². The minimum absolute atomic E-state index is 0.0346. The summed E-state index contributed by atoms with van der Waals surface area (Å²) in [5, 5.41) is 13.3. The predicted octanol–water partition coefficient (Wildman–Crippen LogP) is 8.35. The molecule has 0 aromatic carbocycles. The number of oxime groups is 1. The van der Waals surface area contributed by atoms with E-state index in [4.69, 9.17) is 0 Å². The highest BCUT2D eigenvalue weighted by Crippen LogP contribution is 2.69. The van der Waals surface area contributed by atoms with E-state index in [2.05, 4.69) is 65.8 Å². The van der Waals surface area contributed by atoms with Gasteiger partial charge in [0.2, 0.25) is 0 Å². The lowest BCUT2D eigenvalue weighted by atomic mass is 9.42. The zero-order valence-electron chi connectivity index (χ0n) is 21.5. The molecule has 2 nitrogen and oxygen atoms in total. The summed E-state index contributed by atoms with van der Waals surface area (Å²) in [7, 11) is 0. The van der Waals surface area contributed by atoms with Crippen molar-refractivity contribution in [3.8, 4) is 0 Å². The summed E-state index contributed by atoms with van der Waals surface area (Å²) in [4.78, 5) is 0. The topological polar surface area (TPSA) is 32.6 Å². The van der Waals surface area contributed by atoms with Gasteiger partial charge in [0.1, 0.15) is 0 Å². The summed E-state index contributed by atoms with van der Waals surface area (Å²) in [6, 6.07) is 0. The van der Waals surface area contributed by atoms with E-state index in [1.807, 2.05) is 0 Å². The molecule has 1 N–H and O–H groups in total. The van der Waals surface area contributed by atoms with Crippen LogP contribution in [0.25, 0.3) is 0 Å². The molecule has 0 radical (unpaired) electrons. The number of fused-ring (bicyclic) bond motifs is 5. The average Bonchev–Trinajstić information content (AvgIpc) is 3.04. The Morgan fingerprint density at radius 2 is 1.71 bits per heavy atom. The molecule has 0 aromatic heterocycles. The monoisotopic (exact) mass is 427 g/mol. The molecule has 2 heteroatoms. The maximum atomic E-state index is 9.60. The van der Waals surface area contributed by atoms with Crippen molar-refractivity contribution >= 4 is 5.71 Å². The fourth-order valence-electron chi connectivity index (χ4n) is 9.61. The van der Waals surface area contributed by atoms with Crippen LogP contribution in [0.1, 0.15) is 106 Å². The summed E-state index contributed by atoms with van der Waals surface area (Å²) < 4.78 is 0. The molecule has 4 aliphatic carbocycles. The molecule has 0 bridgehead atoms. The van der Waals surface area contributed by atoms with E-state index in [1.165, 1.54) is 57.8 Å². The van der Waals surface area contributed by atoms with Gasteiger partial charge in [0.05, 0.1) is 5.71 Å². The molecule has 0 heterocycles. The van der Waals surface area contributed by atoms with Gasteiger partial charge in [-0.05, 0) is 96.9 Å². The molecule has 31 heavy (non-hydrogen) atoms. The summed E-state index contributed by atoms with van der Waals surface area (Å²) >= 11 is 0. The Morgan fingerprint density at radius 3 is 2.39 bits per heavy atom. The van der Waals surface area contributed by atoms with Gasteiger partial charge in [-0.15, -0.1) is 0 Å². The van der Waals surface area contributed by atoms with Crippen molar-refractivity contribution in [2.45, 2.75) is 106 Å². The van der Waals surface area contributed by atoms with Gasteiger partial charge in [0, 0.05) is 5.41 Å². The zero-order chi connectivity index (χ0) is 22.6. The van der Waals surface area contributed by atoms with Crippen molar-refractivity contribution in [1.82, 2.24) is 0 Å².